The Hall–Kier alpha value is -1.73. The summed E-state index contributed by atoms with van der Waals surface area (Å²) in [5, 5.41) is 5.45. The number of hydroxylamine groups is 1. The lowest BCUT2D eigenvalue weighted by atomic mass is 9.49. The number of hydrogen-bond donors (Lipinski definition) is 0. The van der Waals surface area contributed by atoms with Crippen molar-refractivity contribution < 1.29 is 22.8 Å². The average Bonchev–Trinajstić information content (AvgIpc) is 2.75. The number of carbonyl (C=O) groups is 1. The van der Waals surface area contributed by atoms with Crippen LogP contribution in [0.15, 0.2) is 17.3 Å². The molecule has 2 aliphatic heterocycles. The third kappa shape index (κ3) is 2.83. The third-order valence-electron chi connectivity index (χ3n) is 7.05. The van der Waals surface area contributed by atoms with Crippen LogP contribution in [-0.2, 0) is 9.63 Å². The van der Waals surface area contributed by atoms with Gasteiger partial charge in [0.05, 0.1) is 0 Å². The van der Waals surface area contributed by atoms with Gasteiger partial charge >= 0.3 is 12.1 Å². The van der Waals surface area contributed by atoms with Gasteiger partial charge in [0.1, 0.15) is 5.84 Å². The summed E-state index contributed by atoms with van der Waals surface area (Å²) in [6, 6.07) is 0. The van der Waals surface area contributed by atoms with Gasteiger partial charge in [-0.15, -0.1) is 5.10 Å². The van der Waals surface area contributed by atoms with E-state index in [0.29, 0.717) is 30.7 Å². The Morgan fingerprint density at radius 2 is 1.74 bits per heavy atom. The number of carbonyl (C=O) groups excluding carboxylic acids is 1. The number of rotatable bonds is 2. The molecule has 6 aliphatic rings. The zero-order valence-corrected chi connectivity index (χ0v) is 15.1. The minimum atomic E-state index is -5.02. The summed E-state index contributed by atoms with van der Waals surface area (Å²) in [6.07, 6.45) is 6.84. The zero-order chi connectivity index (χ0) is 18.8. The maximum Gasteiger partial charge on any atom is 0.493 e. The monoisotopic (exact) mass is 383 g/mol. The second-order valence-corrected chi connectivity index (χ2v) is 8.97. The summed E-state index contributed by atoms with van der Waals surface area (Å²) in [4.78, 5) is 18.2. The van der Waals surface area contributed by atoms with Crippen molar-refractivity contribution in [3.05, 3.63) is 12.2 Å². The molecule has 8 heteroatoms. The molecule has 6 rings (SSSR count). The van der Waals surface area contributed by atoms with Gasteiger partial charge in [-0.1, -0.05) is 17.3 Å². The SMILES string of the molecule is O=C(ON1N=C(C23CC4CC(CC(C4)C2)C3)N2CCC=CCC12)C(F)(F)F. The molecule has 0 N–H and O–H groups in total. The van der Waals surface area contributed by atoms with Crippen LogP contribution in [0.25, 0.3) is 0 Å². The second kappa shape index (κ2) is 5.88. The first-order chi connectivity index (χ1) is 12.8. The molecule has 4 saturated carbocycles. The molecule has 148 valence electrons. The second-order valence-electron chi connectivity index (χ2n) is 8.97. The van der Waals surface area contributed by atoms with Gasteiger partial charge in [-0.2, -0.15) is 13.2 Å². The molecule has 4 bridgehead atoms. The van der Waals surface area contributed by atoms with E-state index in [2.05, 4.69) is 10.0 Å². The van der Waals surface area contributed by atoms with Crippen LogP contribution in [-0.4, -0.2) is 40.8 Å². The molecule has 27 heavy (non-hydrogen) atoms. The molecule has 1 unspecified atom stereocenters. The summed E-state index contributed by atoms with van der Waals surface area (Å²) in [5.41, 5.74) is -0.0588. The van der Waals surface area contributed by atoms with Crippen LogP contribution in [0.1, 0.15) is 51.4 Å². The fourth-order valence-electron chi connectivity index (χ4n) is 6.51. The molecule has 0 aromatic carbocycles. The number of hydrazone groups is 1. The van der Waals surface area contributed by atoms with E-state index in [9.17, 15) is 18.0 Å². The topological polar surface area (TPSA) is 45.1 Å². The third-order valence-corrected chi connectivity index (χ3v) is 7.05. The summed E-state index contributed by atoms with van der Waals surface area (Å²) < 4.78 is 38.2. The summed E-state index contributed by atoms with van der Waals surface area (Å²) in [7, 11) is 0. The van der Waals surface area contributed by atoms with Crippen LogP contribution in [0.3, 0.4) is 0 Å². The number of hydrogen-bond acceptors (Lipinski definition) is 5. The van der Waals surface area contributed by atoms with Crippen molar-refractivity contribution in [2.75, 3.05) is 6.54 Å². The Kier molecular flexibility index (Phi) is 3.78. The number of alkyl halides is 3. The Morgan fingerprint density at radius 3 is 2.33 bits per heavy atom. The number of fused-ring (bicyclic) bond motifs is 1. The van der Waals surface area contributed by atoms with E-state index < -0.39 is 18.3 Å². The Morgan fingerprint density at radius 1 is 1.11 bits per heavy atom. The predicted molar refractivity (Wildman–Crippen MR) is 90.9 cm³/mol. The van der Waals surface area contributed by atoms with Crippen molar-refractivity contribution in [2.24, 2.45) is 28.3 Å². The van der Waals surface area contributed by atoms with Crippen LogP contribution in [0.4, 0.5) is 13.2 Å². The Balaban J connectivity index is 1.47. The normalized spacial score (nSPS) is 40.0. The quantitative estimate of drug-likeness (QED) is 0.680. The lowest BCUT2D eigenvalue weighted by molar-refractivity contribution is -0.249. The van der Waals surface area contributed by atoms with Crippen molar-refractivity contribution in [1.29, 1.82) is 0 Å². The van der Waals surface area contributed by atoms with Crippen LogP contribution in [0, 0.1) is 23.2 Å². The smallest absolute Gasteiger partial charge is 0.333 e. The maximum atomic E-state index is 12.7. The van der Waals surface area contributed by atoms with E-state index in [4.69, 9.17) is 4.84 Å². The van der Waals surface area contributed by atoms with E-state index >= 15 is 0 Å². The van der Waals surface area contributed by atoms with Gasteiger partial charge in [-0.25, -0.2) is 4.79 Å². The molecule has 1 atom stereocenters. The Bertz CT molecular complexity index is 668. The maximum absolute atomic E-state index is 12.7. The van der Waals surface area contributed by atoms with Gasteiger partial charge in [0.25, 0.3) is 0 Å². The lowest BCUT2D eigenvalue weighted by Crippen LogP contribution is -2.55. The van der Waals surface area contributed by atoms with Crippen LogP contribution in [0.5, 0.6) is 0 Å². The average molecular weight is 383 g/mol. The van der Waals surface area contributed by atoms with Crippen LogP contribution in [0.2, 0.25) is 0 Å². The van der Waals surface area contributed by atoms with Crippen molar-refractivity contribution in [1.82, 2.24) is 10.1 Å². The fourth-order valence-corrected chi connectivity index (χ4v) is 6.51. The first kappa shape index (κ1) is 17.4. The van der Waals surface area contributed by atoms with E-state index in [1.807, 2.05) is 12.2 Å². The highest BCUT2D eigenvalue weighted by atomic mass is 19.4. The van der Waals surface area contributed by atoms with E-state index in [0.717, 1.165) is 36.7 Å². The van der Waals surface area contributed by atoms with Gasteiger partial charge in [-0.3, -0.25) is 0 Å². The summed E-state index contributed by atoms with van der Waals surface area (Å²) in [5.74, 6) is 0.772. The van der Waals surface area contributed by atoms with Gasteiger partial charge in [0, 0.05) is 18.4 Å². The van der Waals surface area contributed by atoms with E-state index in [1.165, 1.54) is 19.3 Å². The molecule has 4 aliphatic carbocycles. The molecule has 2 heterocycles. The highest BCUT2D eigenvalue weighted by Crippen LogP contribution is 2.61. The molecular formula is C19H24F3N3O2. The molecule has 0 spiro atoms. The van der Waals surface area contributed by atoms with Crippen molar-refractivity contribution >= 4 is 11.8 Å². The highest BCUT2D eigenvalue weighted by Gasteiger charge is 2.57. The largest absolute Gasteiger partial charge is 0.493 e. The predicted octanol–water partition coefficient (Wildman–Crippen LogP) is 3.83. The van der Waals surface area contributed by atoms with E-state index in [-0.39, 0.29) is 5.41 Å². The molecule has 0 radical (unpaired) electrons. The number of nitrogens with zero attached hydrogens (tertiary/aromatic N) is 3. The molecule has 0 aromatic heterocycles. The van der Waals surface area contributed by atoms with Crippen molar-refractivity contribution in [2.45, 2.75) is 63.7 Å². The van der Waals surface area contributed by atoms with Gasteiger partial charge in [-0.05, 0) is 62.7 Å². The molecule has 5 nitrogen and oxygen atoms in total. The Labute approximate surface area is 156 Å². The minimum absolute atomic E-state index is 0.0588. The van der Waals surface area contributed by atoms with E-state index in [1.54, 1.807) is 0 Å². The first-order valence-corrected chi connectivity index (χ1v) is 9.93. The van der Waals surface area contributed by atoms with Crippen molar-refractivity contribution in [3.8, 4) is 0 Å². The van der Waals surface area contributed by atoms with Gasteiger partial charge < -0.3 is 9.74 Å². The van der Waals surface area contributed by atoms with Crippen LogP contribution >= 0.6 is 0 Å². The molecular weight excluding hydrogens is 359 g/mol. The molecule has 4 fully saturated rings. The highest BCUT2D eigenvalue weighted by molar-refractivity contribution is 5.90. The molecule has 0 aromatic rings. The standard InChI is InChI=1S/C19H24F3N3O2/c20-19(21,22)17(26)27-25-15-4-2-1-3-5-24(15)16(23-25)18-9-12-6-13(10-18)8-14(7-12)11-18/h1-2,12-15H,3-11H2. The summed E-state index contributed by atoms with van der Waals surface area (Å²) in [6.45, 7) is 0.696. The lowest BCUT2D eigenvalue weighted by Gasteiger charge is -2.57. The number of amidine groups is 1. The fraction of sp³-hybridized carbons (Fsp3) is 0.789. The van der Waals surface area contributed by atoms with Crippen molar-refractivity contribution in [3.63, 3.8) is 0 Å². The molecule has 0 saturated heterocycles. The summed E-state index contributed by atoms with van der Waals surface area (Å²) >= 11 is 0. The zero-order valence-electron chi connectivity index (χ0n) is 15.1. The van der Waals surface area contributed by atoms with Gasteiger partial charge in [0.15, 0.2) is 6.17 Å². The first-order valence-electron chi connectivity index (χ1n) is 9.93. The van der Waals surface area contributed by atoms with Crippen LogP contribution < -0.4 is 0 Å². The number of halogens is 3. The molecule has 0 amide bonds. The minimum Gasteiger partial charge on any atom is -0.333 e. The van der Waals surface area contributed by atoms with Gasteiger partial charge in [0.2, 0.25) is 0 Å².